The molecule has 1 unspecified atom stereocenters. The number of rotatable bonds is 3. The van der Waals surface area contributed by atoms with Crippen LogP contribution in [0.1, 0.15) is 27.0 Å². The Balaban J connectivity index is 1.98. The number of halogens is 1. The second-order valence-electron chi connectivity index (χ2n) is 5.32. The molecule has 0 spiro atoms. The van der Waals surface area contributed by atoms with Crippen molar-refractivity contribution in [2.45, 2.75) is 12.3 Å². The van der Waals surface area contributed by atoms with Crippen molar-refractivity contribution in [2.75, 3.05) is 17.8 Å². The van der Waals surface area contributed by atoms with E-state index in [-0.39, 0.29) is 11.3 Å². The van der Waals surface area contributed by atoms with Crippen molar-refractivity contribution in [3.05, 3.63) is 59.2 Å². The van der Waals surface area contributed by atoms with Crippen LogP contribution in [0, 0.1) is 12.7 Å². The van der Waals surface area contributed by atoms with Crippen LogP contribution in [0.25, 0.3) is 0 Å². The van der Waals surface area contributed by atoms with Crippen molar-refractivity contribution >= 4 is 29.3 Å². The minimum Gasteiger partial charge on any atom is -0.465 e. The topological polar surface area (TPSA) is 59.5 Å². The van der Waals surface area contributed by atoms with Crippen LogP contribution in [0.15, 0.2) is 36.5 Å². The van der Waals surface area contributed by atoms with Crippen LogP contribution in [0.4, 0.5) is 10.1 Å². The number of thioether (sulfide) groups is 1. The van der Waals surface area contributed by atoms with Crippen molar-refractivity contribution in [1.29, 1.82) is 0 Å². The molecule has 1 saturated heterocycles. The molecule has 1 fully saturated rings. The van der Waals surface area contributed by atoms with Gasteiger partial charge < -0.3 is 4.74 Å². The van der Waals surface area contributed by atoms with Gasteiger partial charge in [0.15, 0.2) is 0 Å². The number of pyridine rings is 1. The van der Waals surface area contributed by atoms with Crippen molar-refractivity contribution in [2.24, 2.45) is 0 Å². The molecule has 1 aromatic carbocycles. The Morgan fingerprint density at radius 1 is 1.38 bits per heavy atom. The molecule has 0 saturated carbocycles. The first-order chi connectivity index (χ1) is 11.5. The number of methoxy groups -OCH3 is 1. The van der Waals surface area contributed by atoms with Gasteiger partial charge in [-0.2, -0.15) is 0 Å². The van der Waals surface area contributed by atoms with Gasteiger partial charge in [-0.15, -0.1) is 11.8 Å². The summed E-state index contributed by atoms with van der Waals surface area (Å²) in [5.74, 6) is -0.575. The van der Waals surface area contributed by atoms with Gasteiger partial charge in [-0.25, -0.2) is 9.18 Å². The predicted octanol–water partition coefficient (Wildman–Crippen LogP) is 3.09. The van der Waals surface area contributed by atoms with Crippen molar-refractivity contribution in [3.8, 4) is 0 Å². The summed E-state index contributed by atoms with van der Waals surface area (Å²) < 4.78 is 17.8. The number of benzene rings is 1. The lowest BCUT2D eigenvalue weighted by Crippen LogP contribution is -2.29. The molecule has 7 heteroatoms. The first-order valence-corrected chi connectivity index (χ1v) is 8.30. The van der Waals surface area contributed by atoms with E-state index in [4.69, 9.17) is 4.74 Å². The third kappa shape index (κ3) is 2.99. The largest absolute Gasteiger partial charge is 0.465 e. The van der Waals surface area contributed by atoms with E-state index in [0.717, 1.165) is 11.8 Å². The van der Waals surface area contributed by atoms with E-state index in [9.17, 15) is 14.0 Å². The second kappa shape index (κ2) is 6.60. The highest BCUT2D eigenvalue weighted by Crippen LogP contribution is 2.42. The van der Waals surface area contributed by atoms with E-state index in [2.05, 4.69) is 4.98 Å². The number of hydrogen-bond donors (Lipinski definition) is 0. The van der Waals surface area contributed by atoms with E-state index < -0.39 is 11.8 Å². The summed E-state index contributed by atoms with van der Waals surface area (Å²) in [5.41, 5.74) is 2.52. The Morgan fingerprint density at radius 3 is 2.79 bits per heavy atom. The lowest BCUT2D eigenvalue weighted by atomic mass is 10.1. The highest BCUT2D eigenvalue weighted by Gasteiger charge is 2.35. The van der Waals surface area contributed by atoms with Gasteiger partial charge in [-0.3, -0.25) is 14.7 Å². The van der Waals surface area contributed by atoms with Gasteiger partial charge in [-0.05, 0) is 42.8 Å². The fourth-order valence-electron chi connectivity index (χ4n) is 2.61. The monoisotopic (exact) mass is 346 g/mol. The number of hydrogen-bond acceptors (Lipinski definition) is 5. The zero-order valence-corrected chi connectivity index (χ0v) is 14.0. The molecular weight excluding hydrogens is 331 g/mol. The summed E-state index contributed by atoms with van der Waals surface area (Å²) in [6, 6.07) is 7.95. The van der Waals surface area contributed by atoms with Crippen LogP contribution < -0.4 is 4.90 Å². The van der Waals surface area contributed by atoms with Crippen LogP contribution in [-0.4, -0.2) is 29.7 Å². The SMILES string of the molecule is COC(=O)c1ccc(N2C(=O)CSC2c2ccc(F)cn2)c(C)c1. The number of carbonyl (C=O) groups excluding carboxylic acids is 2. The van der Waals surface area contributed by atoms with Gasteiger partial charge in [0.05, 0.1) is 30.3 Å². The van der Waals surface area contributed by atoms with E-state index in [1.54, 1.807) is 29.2 Å². The molecule has 1 amide bonds. The number of carbonyl (C=O) groups is 2. The Morgan fingerprint density at radius 2 is 2.17 bits per heavy atom. The minimum absolute atomic E-state index is 0.0509. The third-order valence-corrected chi connectivity index (χ3v) is 4.93. The minimum atomic E-state index is -0.427. The van der Waals surface area contributed by atoms with Gasteiger partial charge in [-0.1, -0.05) is 0 Å². The molecule has 124 valence electrons. The number of esters is 1. The summed E-state index contributed by atoms with van der Waals surface area (Å²) in [6.07, 6.45) is 1.14. The van der Waals surface area contributed by atoms with Crippen LogP contribution in [0.5, 0.6) is 0 Å². The zero-order valence-electron chi connectivity index (χ0n) is 13.2. The standard InChI is InChI=1S/C17H15FN2O3S/c1-10-7-11(17(22)23-2)3-6-14(10)20-15(21)9-24-16(20)13-5-4-12(18)8-19-13/h3-8,16H,9H2,1-2H3. The maximum absolute atomic E-state index is 13.1. The fourth-order valence-corrected chi connectivity index (χ4v) is 3.74. The quantitative estimate of drug-likeness (QED) is 0.799. The molecule has 1 aliphatic rings. The molecule has 5 nitrogen and oxygen atoms in total. The highest BCUT2D eigenvalue weighted by molar-refractivity contribution is 8.00. The first-order valence-electron chi connectivity index (χ1n) is 7.25. The average molecular weight is 346 g/mol. The van der Waals surface area contributed by atoms with E-state index in [1.807, 2.05) is 6.92 Å². The van der Waals surface area contributed by atoms with Crippen molar-refractivity contribution in [3.63, 3.8) is 0 Å². The van der Waals surface area contributed by atoms with Crippen molar-refractivity contribution < 1.29 is 18.7 Å². The number of nitrogens with zero attached hydrogens (tertiary/aromatic N) is 2. The molecule has 1 atom stereocenters. The second-order valence-corrected chi connectivity index (χ2v) is 6.39. The number of amides is 1. The smallest absolute Gasteiger partial charge is 0.337 e. The third-order valence-electron chi connectivity index (χ3n) is 3.75. The zero-order chi connectivity index (χ0) is 17.3. The van der Waals surface area contributed by atoms with Crippen LogP contribution in [-0.2, 0) is 9.53 Å². The Labute approximate surface area is 142 Å². The Hall–Kier alpha value is -2.41. The summed E-state index contributed by atoms with van der Waals surface area (Å²) in [4.78, 5) is 29.7. The lowest BCUT2D eigenvalue weighted by molar-refractivity contribution is -0.115. The number of anilines is 1. The maximum atomic E-state index is 13.1. The lowest BCUT2D eigenvalue weighted by Gasteiger charge is -2.25. The van der Waals surface area contributed by atoms with Crippen LogP contribution in [0.3, 0.4) is 0 Å². The molecule has 0 N–H and O–H groups in total. The Kier molecular flexibility index (Phi) is 4.53. The summed E-state index contributed by atoms with van der Waals surface area (Å²) in [6.45, 7) is 1.83. The average Bonchev–Trinajstić information content (AvgIpc) is 2.96. The number of aryl methyl sites for hydroxylation is 1. The summed E-state index contributed by atoms with van der Waals surface area (Å²) in [7, 11) is 1.32. The fraction of sp³-hybridized carbons (Fsp3) is 0.235. The molecule has 2 heterocycles. The van der Waals surface area contributed by atoms with Crippen molar-refractivity contribution in [1.82, 2.24) is 4.98 Å². The van der Waals surface area contributed by atoms with E-state index in [1.165, 1.54) is 24.9 Å². The highest BCUT2D eigenvalue weighted by atomic mass is 32.2. The van der Waals surface area contributed by atoms with Crippen LogP contribution >= 0.6 is 11.8 Å². The van der Waals surface area contributed by atoms with Gasteiger partial charge >= 0.3 is 5.97 Å². The van der Waals surface area contributed by atoms with Gasteiger partial charge in [0.1, 0.15) is 11.2 Å². The molecule has 24 heavy (non-hydrogen) atoms. The van der Waals surface area contributed by atoms with Crippen LogP contribution in [0.2, 0.25) is 0 Å². The first kappa shape index (κ1) is 16.4. The molecule has 1 aliphatic heterocycles. The molecule has 0 aliphatic carbocycles. The summed E-state index contributed by atoms with van der Waals surface area (Å²) >= 11 is 1.44. The van der Waals surface area contributed by atoms with E-state index >= 15 is 0 Å². The molecule has 3 rings (SSSR count). The van der Waals surface area contributed by atoms with Gasteiger partial charge in [0.2, 0.25) is 5.91 Å². The molecule has 1 aromatic heterocycles. The molecule has 0 bridgehead atoms. The normalized spacial score (nSPS) is 17.2. The maximum Gasteiger partial charge on any atom is 0.337 e. The predicted molar refractivity (Wildman–Crippen MR) is 89.4 cm³/mol. The van der Waals surface area contributed by atoms with Gasteiger partial charge in [0, 0.05) is 5.69 Å². The molecule has 2 aromatic rings. The van der Waals surface area contributed by atoms with E-state index in [0.29, 0.717) is 22.7 Å². The molecular formula is C17H15FN2O3S. The summed E-state index contributed by atoms with van der Waals surface area (Å²) in [5, 5.41) is -0.319. The number of aromatic nitrogens is 1. The number of ether oxygens (including phenoxy) is 1. The molecule has 0 radical (unpaired) electrons. The Bertz CT molecular complexity index is 795. The van der Waals surface area contributed by atoms with Gasteiger partial charge in [0.25, 0.3) is 0 Å².